The number of esters is 2. The number of fused-ring (bicyclic) bond motifs is 1. The first-order valence-corrected chi connectivity index (χ1v) is 11.7. The van der Waals surface area contributed by atoms with Crippen molar-refractivity contribution in [1.82, 2.24) is 0 Å². The third-order valence-electron chi connectivity index (χ3n) is 7.17. The van der Waals surface area contributed by atoms with Gasteiger partial charge in [-0.2, -0.15) is 0 Å². The van der Waals surface area contributed by atoms with Crippen LogP contribution in [0.15, 0.2) is 23.8 Å². The highest BCUT2D eigenvalue weighted by molar-refractivity contribution is 6.16. The molecule has 0 spiro atoms. The predicted molar refractivity (Wildman–Crippen MR) is 118 cm³/mol. The molecule has 0 saturated carbocycles. The molecule has 0 aromatic rings. The summed E-state index contributed by atoms with van der Waals surface area (Å²) >= 11 is 0. The molecule has 7 heteroatoms. The zero-order valence-electron chi connectivity index (χ0n) is 19.2. The lowest BCUT2D eigenvalue weighted by molar-refractivity contribution is -0.162. The molecule has 0 unspecified atom stereocenters. The fourth-order valence-corrected chi connectivity index (χ4v) is 5.24. The van der Waals surface area contributed by atoms with Gasteiger partial charge in [-0.25, -0.2) is 0 Å². The Kier molecular flexibility index (Phi) is 8.40. The number of carbonyl (C=O) groups excluding carboxylic acids is 2. The number of rotatable bonds is 8. The van der Waals surface area contributed by atoms with Crippen molar-refractivity contribution in [3.63, 3.8) is 0 Å². The molecule has 3 rings (SSSR count). The Morgan fingerprint density at radius 1 is 1.32 bits per heavy atom. The van der Waals surface area contributed by atoms with E-state index < -0.39 is 0 Å². The van der Waals surface area contributed by atoms with Crippen molar-refractivity contribution in [2.45, 2.75) is 84.5 Å². The molecule has 1 aliphatic heterocycles. The number of ether oxygens (including phenoxy) is 2. The number of carbonyl (C=O) groups is 2. The first-order valence-electron chi connectivity index (χ1n) is 11.7. The summed E-state index contributed by atoms with van der Waals surface area (Å²) in [5.41, 5.74) is 1.26. The highest BCUT2D eigenvalue weighted by Crippen LogP contribution is 2.45. The number of hydrogen-bond acceptors (Lipinski definition) is 6. The van der Waals surface area contributed by atoms with E-state index in [0.717, 1.165) is 25.7 Å². The van der Waals surface area contributed by atoms with Crippen LogP contribution in [0, 0.1) is 29.6 Å². The van der Waals surface area contributed by atoms with Gasteiger partial charge in [0.25, 0.3) is 0 Å². The fraction of sp³-hybridized carbons (Fsp3) is 0.750. The summed E-state index contributed by atoms with van der Waals surface area (Å²) in [6.07, 6.45) is 10.0. The SMILES string of the molecule is CC[C@H](C)C(=O)O[C@H]1C[C@@H](C)C=C2C=C[C@H](C)[C@H](CC[C@@H]3C[C@@H](O[B]O)CC(=O)O3)[C@H]21. The molecule has 1 radical (unpaired) electrons. The third kappa shape index (κ3) is 6.01. The summed E-state index contributed by atoms with van der Waals surface area (Å²) in [5.74, 6) is 0.699. The standard InChI is InChI=1S/C24H36BO6/c1-5-15(3)24(27)30-21-11-14(2)10-17-7-6-16(4)20(23(17)21)9-8-18-12-19(31-25-28)13-22(26)29-18/h6-7,10,14-16,18-21,23,28H,5,8-9,11-13H2,1-4H3/t14-,15-,16-,18+,19+,20-,21-,23-/m0/s1. The zero-order chi connectivity index (χ0) is 22.5. The Morgan fingerprint density at radius 3 is 2.81 bits per heavy atom. The molecule has 6 nitrogen and oxygen atoms in total. The van der Waals surface area contributed by atoms with Crippen molar-refractivity contribution in [3.8, 4) is 0 Å². The van der Waals surface area contributed by atoms with Crippen LogP contribution in [0.3, 0.4) is 0 Å². The topological polar surface area (TPSA) is 82.1 Å². The van der Waals surface area contributed by atoms with E-state index >= 15 is 0 Å². The number of hydrogen-bond donors (Lipinski definition) is 1. The van der Waals surface area contributed by atoms with E-state index in [4.69, 9.17) is 19.2 Å². The molecule has 1 heterocycles. The van der Waals surface area contributed by atoms with Gasteiger partial charge in [0, 0.05) is 12.3 Å². The second-order valence-corrected chi connectivity index (χ2v) is 9.56. The summed E-state index contributed by atoms with van der Waals surface area (Å²) in [6, 6.07) is 0. The van der Waals surface area contributed by atoms with Gasteiger partial charge in [0.15, 0.2) is 0 Å². The van der Waals surface area contributed by atoms with E-state index in [1.54, 1.807) is 0 Å². The number of allylic oxidation sites excluding steroid dienone is 3. The molecule has 8 atom stereocenters. The summed E-state index contributed by atoms with van der Waals surface area (Å²) < 4.78 is 16.8. The lowest BCUT2D eigenvalue weighted by Crippen LogP contribution is -2.42. The monoisotopic (exact) mass is 431 g/mol. The van der Waals surface area contributed by atoms with Crippen LogP contribution in [0.2, 0.25) is 0 Å². The van der Waals surface area contributed by atoms with Crippen LogP contribution in [-0.4, -0.2) is 43.0 Å². The summed E-state index contributed by atoms with van der Waals surface area (Å²) in [5, 5.41) is 8.91. The van der Waals surface area contributed by atoms with E-state index in [9.17, 15) is 9.59 Å². The first kappa shape index (κ1) is 24.1. The average molecular weight is 431 g/mol. The van der Waals surface area contributed by atoms with Crippen LogP contribution in [0.1, 0.15) is 66.2 Å². The molecule has 31 heavy (non-hydrogen) atoms. The lowest BCUT2D eigenvalue weighted by atomic mass is 9.65. The van der Waals surface area contributed by atoms with E-state index in [1.165, 1.54) is 5.57 Å². The van der Waals surface area contributed by atoms with E-state index in [1.807, 2.05) is 13.8 Å². The van der Waals surface area contributed by atoms with Gasteiger partial charge >= 0.3 is 19.6 Å². The zero-order valence-corrected chi connectivity index (χ0v) is 19.2. The fourth-order valence-electron chi connectivity index (χ4n) is 5.24. The molecule has 0 amide bonds. The highest BCUT2D eigenvalue weighted by atomic mass is 16.6. The summed E-state index contributed by atoms with van der Waals surface area (Å²) in [7, 11) is 0.658. The number of cyclic esters (lactones) is 1. The Labute approximate surface area is 186 Å². The Bertz CT molecular complexity index is 704. The van der Waals surface area contributed by atoms with E-state index in [2.05, 4.69) is 32.1 Å². The van der Waals surface area contributed by atoms with Gasteiger partial charge in [-0.3, -0.25) is 9.59 Å². The normalized spacial score (nSPS) is 36.1. The minimum absolute atomic E-state index is 0.0958. The maximum atomic E-state index is 12.6. The van der Waals surface area contributed by atoms with Crippen LogP contribution in [0.5, 0.6) is 0 Å². The van der Waals surface area contributed by atoms with E-state index in [-0.39, 0.29) is 48.5 Å². The van der Waals surface area contributed by atoms with Crippen molar-refractivity contribution in [1.29, 1.82) is 0 Å². The minimum Gasteiger partial charge on any atom is -0.462 e. The van der Waals surface area contributed by atoms with Crippen molar-refractivity contribution in [3.05, 3.63) is 23.8 Å². The van der Waals surface area contributed by atoms with Crippen molar-refractivity contribution >= 4 is 19.6 Å². The van der Waals surface area contributed by atoms with Crippen LogP contribution in [0.25, 0.3) is 0 Å². The molecule has 1 N–H and O–H groups in total. The van der Waals surface area contributed by atoms with Crippen molar-refractivity contribution in [2.75, 3.05) is 0 Å². The molecule has 0 aromatic heterocycles. The van der Waals surface area contributed by atoms with Gasteiger partial charge in [0.2, 0.25) is 0 Å². The largest absolute Gasteiger partial charge is 0.485 e. The molecule has 1 saturated heterocycles. The quantitative estimate of drug-likeness (QED) is 0.466. The molecule has 171 valence electrons. The third-order valence-corrected chi connectivity index (χ3v) is 7.17. The maximum absolute atomic E-state index is 12.6. The predicted octanol–water partition coefficient (Wildman–Crippen LogP) is 3.75. The second kappa shape index (κ2) is 10.8. The average Bonchev–Trinajstić information content (AvgIpc) is 2.72. The molecule has 1 fully saturated rings. The van der Waals surface area contributed by atoms with Gasteiger partial charge in [-0.05, 0) is 49.0 Å². The van der Waals surface area contributed by atoms with Crippen LogP contribution in [0.4, 0.5) is 0 Å². The molecular weight excluding hydrogens is 395 g/mol. The molecule has 2 aliphatic carbocycles. The molecule has 0 bridgehead atoms. The highest BCUT2D eigenvalue weighted by Gasteiger charge is 2.42. The van der Waals surface area contributed by atoms with Crippen molar-refractivity contribution < 1.29 is 28.7 Å². The maximum Gasteiger partial charge on any atom is 0.485 e. The summed E-state index contributed by atoms with van der Waals surface area (Å²) in [6.45, 7) is 8.31. The molecule has 0 aromatic carbocycles. The summed E-state index contributed by atoms with van der Waals surface area (Å²) in [4.78, 5) is 24.5. The van der Waals surface area contributed by atoms with Gasteiger partial charge in [0.1, 0.15) is 12.2 Å². The van der Waals surface area contributed by atoms with Gasteiger partial charge in [-0.1, -0.05) is 45.9 Å². The lowest BCUT2D eigenvalue weighted by Gasteiger charge is -2.43. The van der Waals surface area contributed by atoms with E-state index in [0.29, 0.717) is 31.9 Å². The van der Waals surface area contributed by atoms with Gasteiger partial charge in [-0.15, -0.1) is 0 Å². The van der Waals surface area contributed by atoms with Crippen LogP contribution in [-0.2, 0) is 23.7 Å². The minimum atomic E-state index is -0.338. The van der Waals surface area contributed by atoms with Crippen molar-refractivity contribution in [2.24, 2.45) is 29.6 Å². The Morgan fingerprint density at radius 2 is 2.10 bits per heavy atom. The second-order valence-electron chi connectivity index (χ2n) is 9.56. The van der Waals surface area contributed by atoms with Gasteiger partial charge in [0.05, 0.1) is 18.4 Å². The van der Waals surface area contributed by atoms with Gasteiger partial charge < -0.3 is 19.2 Å². The van der Waals surface area contributed by atoms with Crippen LogP contribution >= 0.6 is 0 Å². The Hall–Kier alpha value is -1.60. The smallest absolute Gasteiger partial charge is 0.462 e. The first-order chi connectivity index (χ1) is 14.8. The molecular formula is C24H36BO6. The van der Waals surface area contributed by atoms with Crippen LogP contribution < -0.4 is 0 Å². The Balaban J connectivity index is 1.72. The molecule has 3 aliphatic rings.